The summed E-state index contributed by atoms with van der Waals surface area (Å²) in [5.41, 5.74) is 3.44. The van der Waals surface area contributed by atoms with E-state index in [4.69, 9.17) is 4.42 Å². The van der Waals surface area contributed by atoms with Crippen LogP contribution in [0.2, 0.25) is 0 Å². The van der Waals surface area contributed by atoms with Gasteiger partial charge in [0, 0.05) is 30.8 Å². The van der Waals surface area contributed by atoms with Gasteiger partial charge in [-0.15, -0.1) is 10.2 Å². The highest BCUT2D eigenvalue weighted by molar-refractivity contribution is 5.55. The van der Waals surface area contributed by atoms with Gasteiger partial charge in [0.25, 0.3) is 5.69 Å². The first kappa shape index (κ1) is 16.4. The molecule has 0 bridgehead atoms. The minimum absolute atomic E-state index is 0.00246. The van der Waals surface area contributed by atoms with Crippen LogP contribution in [-0.4, -0.2) is 26.6 Å². The number of nitro benzene ring substituents is 1. The summed E-state index contributed by atoms with van der Waals surface area (Å²) in [4.78, 5) is 12.6. The predicted octanol–water partition coefficient (Wildman–Crippen LogP) is 3.76. The standard InChI is InChI=1S/C19H18N4O3/c1-13(22-11-10-14-4-2-3-5-16(14)12-22)18-20-21-19(26-18)15-6-8-17(9-7-15)23(24)25/h2-9,13H,10-12H2,1H3/t13-/m1/s1. The highest BCUT2D eigenvalue weighted by atomic mass is 16.6. The second-order valence-corrected chi connectivity index (χ2v) is 6.41. The lowest BCUT2D eigenvalue weighted by Gasteiger charge is -2.31. The van der Waals surface area contributed by atoms with Crippen molar-refractivity contribution in [2.75, 3.05) is 6.54 Å². The molecule has 1 aliphatic rings. The molecule has 4 rings (SSSR count). The van der Waals surface area contributed by atoms with Crippen LogP contribution in [0.1, 0.15) is 30.0 Å². The van der Waals surface area contributed by atoms with Crippen molar-refractivity contribution in [1.82, 2.24) is 15.1 Å². The van der Waals surface area contributed by atoms with E-state index in [1.54, 1.807) is 12.1 Å². The van der Waals surface area contributed by atoms with E-state index >= 15 is 0 Å². The SMILES string of the molecule is C[C@H](c1nnc(-c2ccc([N+](=O)[O-])cc2)o1)N1CCc2ccccc2C1. The third kappa shape index (κ3) is 3.09. The molecule has 26 heavy (non-hydrogen) atoms. The first-order chi connectivity index (χ1) is 12.6. The molecule has 7 heteroatoms. The van der Waals surface area contributed by atoms with Crippen LogP contribution >= 0.6 is 0 Å². The van der Waals surface area contributed by atoms with Crippen LogP contribution in [-0.2, 0) is 13.0 Å². The van der Waals surface area contributed by atoms with Gasteiger partial charge in [-0.05, 0) is 36.6 Å². The average molecular weight is 350 g/mol. The second kappa shape index (κ2) is 6.68. The fourth-order valence-electron chi connectivity index (χ4n) is 3.25. The summed E-state index contributed by atoms with van der Waals surface area (Å²) in [6.45, 7) is 3.85. The Morgan fingerprint density at radius 2 is 1.85 bits per heavy atom. The summed E-state index contributed by atoms with van der Waals surface area (Å²) in [5.74, 6) is 0.928. The number of nitrogens with zero attached hydrogens (tertiary/aromatic N) is 4. The molecule has 2 heterocycles. The summed E-state index contributed by atoms with van der Waals surface area (Å²) in [5, 5.41) is 19.1. The van der Waals surface area contributed by atoms with E-state index < -0.39 is 4.92 Å². The number of aromatic nitrogens is 2. The Bertz CT molecular complexity index is 936. The zero-order valence-electron chi connectivity index (χ0n) is 14.3. The normalized spacial score (nSPS) is 15.4. The topological polar surface area (TPSA) is 85.3 Å². The molecule has 0 N–H and O–H groups in total. The number of hydrogen-bond acceptors (Lipinski definition) is 6. The molecule has 0 amide bonds. The largest absolute Gasteiger partial charge is 0.419 e. The minimum Gasteiger partial charge on any atom is -0.419 e. The van der Waals surface area contributed by atoms with Crippen LogP contribution in [0.5, 0.6) is 0 Å². The number of non-ortho nitro benzene ring substituents is 1. The molecule has 1 atom stereocenters. The van der Waals surface area contributed by atoms with Crippen LogP contribution in [0.15, 0.2) is 52.9 Å². The van der Waals surface area contributed by atoms with Crippen molar-refractivity contribution in [2.45, 2.75) is 25.9 Å². The van der Waals surface area contributed by atoms with Crippen molar-refractivity contribution >= 4 is 5.69 Å². The van der Waals surface area contributed by atoms with Crippen molar-refractivity contribution in [1.29, 1.82) is 0 Å². The van der Waals surface area contributed by atoms with Crippen LogP contribution < -0.4 is 0 Å². The zero-order valence-corrected chi connectivity index (χ0v) is 14.3. The molecule has 1 aliphatic heterocycles. The van der Waals surface area contributed by atoms with E-state index in [1.165, 1.54) is 23.3 Å². The fourth-order valence-corrected chi connectivity index (χ4v) is 3.25. The third-order valence-corrected chi connectivity index (χ3v) is 4.83. The predicted molar refractivity (Wildman–Crippen MR) is 95.4 cm³/mol. The van der Waals surface area contributed by atoms with Gasteiger partial charge < -0.3 is 4.42 Å². The molecule has 7 nitrogen and oxygen atoms in total. The molecule has 0 fully saturated rings. The number of nitro groups is 1. The maximum Gasteiger partial charge on any atom is 0.269 e. The van der Waals surface area contributed by atoms with Gasteiger partial charge in [-0.3, -0.25) is 15.0 Å². The maximum absolute atomic E-state index is 10.8. The Hall–Kier alpha value is -3.06. The second-order valence-electron chi connectivity index (χ2n) is 6.41. The number of rotatable bonds is 4. The monoisotopic (exact) mass is 350 g/mol. The van der Waals surface area contributed by atoms with Crippen molar-refractivity contribution in [2.24, 2.45) is 0 Å². The highest BCUT2D eigenvalue weighted by Crippen LogP contribution is 2.29. The van der Waals surface area contributed by atoms with Gasteiger partial charge in [0.1, 0.15) is 0 Å². The van der Waals surface area contributed by atoms with Crippen molar-refractivity contribution in [3.05, 3.63) is 75.7 Å². The lowest BCUT2D eigenvalue weighted by Crippen LogP contribution is -2.33. The molecule has 0 saturated carbocycles. The first-order valence-electron chi connectivity index (χ1n) is 8.51. The summed E-state index contributed by atoms with van der Waals surface area (Å²) < 4.78 is 5.84. The van der Waals surface area contributed by atoms with Gasteiger partial charge in [0.15, 0.2) is 0 Å². The van der Waals surface area contributed by atoms with Crippen molar-refractivity contribution < 1.29 is 9.34 Å². The van der Waals surface area contributed by atoms with Crippen molar-refractivity contribution in [3.63, 3.8) is 0 Å². The molecule has 3 aromatic rings. The highest BCUT2D eigenvalue weighted by Gasteiger charge is 2.25. The lowest BCUT2D eigenvalue weighted by molar-refractivity contribution is -0.384. The van der Waals surface area contributed by atoms with Crippen LogP contribution in [0.3, 0.4) is 0 Å². The van der Waals surface area contributed by atoms with E-state index in [-0.39, 0.29) is 11.7 Å². The minimum atomic E-state index is -0.431. The molecule has 1 aromatic heterocycles. The van der Waals surface area contributed by atoms with E-state index in [1.807, 2.05) is 0 Å². The quantitative estimate of drug-likeness (QED) is 0.526. The van der Waals surface area contributed by atoms with Gasteiger partial charge in [-0.2, -0.15) is 0 Å². The Balaban J connectivity index is 1.52. The summed E-state index contributed by atoms with van der Waals surface area (Å²) in [7, 11) is 0. The van der Waals surface area contributed by atoms with Gasteiger partial charge in [-0.25, -0.2) is 0 Å². The van der Waals surface area contributed by atoms with Gasteiger partial charge in [-0.1, -0.05) is 24.3 Å². The molecule has 0 radical (unpaired) electrons. The van der Waals surface area contributed by atoms with E-state index in [0.717, 1.165) is 19.5 Å². The first-order valence-corrected chi connectivity index (χ1v) is 8.51. The molecule has 132 valence electrons. The van der Waals surface area contributed by atoms with Crippen molar-refractivity contribution in [3.8, 4) is 11.5 Å². The Kier molecular flexibility index (Phi) is 4.22. The summed E-state index contributed by atoms with van der Waals surface area (Å²) in [6, 6.07) is 14.6. The summed E-state index contributed by atoms with van der Waals surface area (Å²) >= 11 is 0. The summed E-state index contributed by atoms with van der Waals surface area (Å²) in [6.07, 6.45) is 1.00. The molecule has 0 saturated heterocycles. The fraction of sp³-hybridized carbons (Fsp3) is 0.263. The smallest absolute Gasteiger partial charge is 0.269 e. The molecule has 0 aliphatic carbocycles. The maximum atomic E-state index is 10.8. The molecule has 2 aromatic carbocycles. The Labute approximate surface area is 150 Å². The van der Waals surface area contributed by atoms with E-state index in [0.29, 0.717) is 17.3 Å². The van der Waals surface area contributed by atoms with Crippen LogP contribution in [0.25, 0.3) is 11.5 Å². The average Bonchev–Trinajstić information content (AvgIpc) is 3.17. The molecule has 0 spiro atoms. The van der Waals surface area contributed by atoms with Gasteiger partial charge in [0.05, 0.1) is 11.0 Å². The zero-order chi connectivity index (χ0) is 18.1. The van der Waals surface area contributed by atoms with Gasteiger partial charge >= 0.3 is 0 Å². The lowest BCUT2D eigenvalue weighted by atomic mass is 9.99. The van der Waals surface area contributed by atoms with Gasteiger partial charge in [0.2, 0.25) is 11.8 Å². The Morgan fingerprint density at radius 3 is 2.58 bits per heavy atom. The van der Waals surface area contributed by atoms with Crippen LogP contribution in [0.4, 0.5) is 5.69 Å². The third-order valence-electron chi connectivity index (χ3n) is 4.83. The van der Waals surface area contributed by atoms with E-state index in [9.17, 15) is 10.1 Å². The van der Waals surface area contributed by atoms with E-state index in [2.05, 4.69) is 46.3 Å². The number of benzene rings is 2. The molecular formula is C19H18N4O3. The van der Waals surface area contributed by atoms with Crippen LogP contribution in [0, 0.1) is 10.1 Å². The number of hydrogen-bond donors (Lipinski definition) is 0. The molecular weight excluding hydrogens is 332 g/mol. The number of fused-ring (bicyclic) bond motifs is 1. The Morgan fingerprint density at radius 1 is 1.12 bits per heavy atom. The molecule has 0 unspecified atom stereocenters.